The predicted molar refractivity (Wildman–Crippen MR) is 102 cm³/mol. The smallest absolute Gasteiger partial charge is 0.118 e. The van der Waals surface area contributed by atoms with E-state index in [0.29, 0.717) is 0 Å². The lowest BCUT2D eigenvalue weighted by molar-refractivity contribution is 0.353. The highest BCUT2D eigenvalue weighted by Crippen LogP contribution is 2.19. The van der Waals surface area contributed by atoms with Crippen molar-refractivity contribution in [3.05, 3.63) is 58.6 Å². The van der Waals surface area contributed by atoms with Gasteiger partial charge in [0.25, 0.3) is 0 Å². The summed E-state index contributed by atoms with van der Waals surface area (Å²) in [6, 6.07) is 16.4. The van der Waals surface area contributed by atoms with Gasteiger partial charge in [-0.05, 0) is 42.0 Å². The van der Waals surface area contributed by atoms with Crippen LogP contribution in [0.2, 0.25) is 0 Å². The highest BCUT2D eigenvalue weighted by atomic mass is 79.9. The lowest BCUT2D eigenvalue weighted by atomic mass is 10.1. The molecule has 2 aromatic rings. The van der Waals surface area contributed by atoms with Crippen LogP contribution in [0.1, 0.15) is 5.56 Å². The van der Waals surface area contributed by atoms with Crippen LogP contribution in [-0.2, 0) is 6.42 Å². The van der Waals surface area contributed by atoms with Crippen LogP contribution < -0.4 is 10.1 Å². The third-order valence-electron chi connectivity index (χ3n) is 4.09. The Balaban J connectivity index is 1.84. The highest BCUT2D eigenvalue weighted by Gasteiger charge is 2.15. The first-order valence-corrected chi connectivity index (χ1v) is 8.95. The molecule has 0 unspecified atom stereocenters. The molecule has 24 heavy (non-hydrogen) atoms. The standard InChI is InChI=1S/C19H22BrN3O/c1-24-18-8-2-15(3-9-18)14-19(23-12-10-21-11-13-23)22-17-6-4-16(20)5-7-17/h2-9,21H,10-14H2,1H3. The number of amidine groups is 1. The molecule has 126 valence electrons. The molecule has 0 atom stereocenters. The second-order valence-corrected chi connectivity index (χ2v) is 6.68. The molecule has 1 saturated heterocycles. The number of hydrogen-bond acceptors (Lipinski definition) is 3. The van der Waals surface area contributed by atoms with Crippen LogP contribution in [0.15, 0.2) is 58.0 Å². The maximum atomic E-state index is 5.24. The summed E-state index contributed by atoms with van der Waals surface area (Å²) in [5.41, 5.74) is 2.23. The van der Waals surface area contributed by atoms with Crippen molar-refractivity contribution in [1.82, 2.24) is 10.2 Å². The van der Waals surface area contributed by atoms with Crippen LogP contribution in [0.25, 0.3) is 0 Å². The Kier molecular flexibility index (Phi) is 5.88. The van der Waals surface area contributed by atoms with Gasteiger partial charge in [0.05, 0.1) is 12.8 Å². The summed E-state index contributed by atoms with van der Waals surface area (Å²) in [5.74, 6) is 2.00. The third-order valence-corrected chi connectivity index (χ3v) is 4.62. The fourth-order valence-corrected chi connectivity index (χ4v) is 3.00. The number of aliphatic imine (C=N–C) groups is 1. The normalized spacial score (nSPS) is 15.4. The van der Waals surface area contributed by atoms with Gasteiger partial charge in [0, 0.05) is 37.1 Å². The molecule has 0 aromatic heterocycles. The highest BCUT2D eigenvalue weighted by molar-refractivity contribution is 9.10. The second-order valence-electron chi connectivity index (χ2n) is 5.77. The lowest BCUT2D eigenvalue weighted by Gasteiger charge is -2.30. The van der Waals surface area contributed by atoms with E-state index in [1.165, 1.54) is 5.56 Å². The van der Waals surface area contributed by atoms with Gasteiger partial charge in [-0.3, -0.25) is 0 Å². The van der Waals surface area contributed by atoms with E-state index in [1.54, 1.807) is 7.11 Å². The zero-order valence-electron chi connectivity index (χ0n) is 13.8. The first-order chi connectivity index (χ1) is 11.7. The van der Waals surface area contributed by atoms with E-state index in [9.17, 15) is 0 Å². The zero-order valence-corrected chi connectivity index (χ0v) is 15.4. The predicted octanol–water partition coefficient (Wildman–Crippen LogP) is 3.64. The molecule has 0 radical (unpaired) electrons. The Morgan fingerprint density at radius 3 is 2.38 bits per heavy atom. The number of nitrogens with one attached hydrogen (secondary N) is 1. The largest absolute Gasteiger partial charge is 0.497 e. The van der Waals surface area contributed by atoms with Crippen molar-refractivity contribution in [2.75, 3.05) is 33.3 Å². The first-order valence-electron chi connectivity index (χ1n) is 8.16. The van der Waals surface area contributed by atoms with E-state index in [1.807, 2.05) is 36.4 Å². The third kappa shape index (κ3) is 4.58. The lowest BCUT2D eigenvalue weighted by Crippen LogP contribution is -2.47. The molecule has 0 spiro atoms. The number of rotatable bonds is 4. The Morgan fingerprint density at radius 2 is 1.75 bits per heavy atom. The van der Waals surface area contributed by atoms with Gasteiger partial charge in [0.2, 0.25) is 0 Å². The number of nitrogens with zero attached hydrogens (tertiary/aromatic N) is 2. The van der Waals surface area contributed by atoms with E-state index in [2.05, 4.69) is 38.3 Å². The van der Waals surface area contributed by atoms with Crippen LogP contribution in [0.4, 0.5) is 5.69 Å². The van der Waals surface area contributed by atoms with E-state index in [4.69, 9.17) is 9.73 Å². The average molecular weight is 388 g/mol. The average Bonchev–Trinajstić information content (AvgIpc) is 2.64. The topological polar surface area (TPSA) is 36.9 Å². The quantitative estimate of drug-likeness (QED) is 0.642. The van der Waals surface area contributed by atoms with Crippen molar-refractivity contribution >= 4 is 27.5 Å². The van der Waals surface area contributed by atoms with Crippen molar-refractivity contribution < 1.29 is 4.74 Å². The van der Waals surface area contributed by atoms with Crippen LogP contribution in [0.3, 0.4) is 0 Å². The summed E-state index contributed by atoms with van der Waals surface area (Å²) in [6.07, 6.45) is 0.820. The van der Waals surface area contributed by atoms with E-state index >= 15 is 0 Å². The molecule has 1 N–H and O–H groups in total. The van der Waals surface area contributed by atoms with Crippen molar-refractivity contribution in [3.63, 3.8) is 0 Å². The van der Waals surface area contributed by atoms with Crippen LogP contribution in [0.5, 0.6) is 5.75 Å². The maximum Gasteiger partial charge on any atom is 0.118 e. The number of halogens is 1. The zero-order chi connectivity index (χ0) is 16.8. The molecule has 1 heterocycles. The van der Waals surface area contributed by atoms with Gasteiger partial charge in [-0.2, -0.15) is 0 Å². The van der Waals surface area contributed by atoms with Gasteiger partial charge >= 0.3 is 0 Å². The number of benzene rings is 2. The molecule has 5 heteroatoms. The molecule has 0 aliphatic carbocycles. The summed E-state index contributed by atoms with van der Waals surface area (Å²) in [5, 5.41) is 3.40. The minimum atomic E-state index is 0.820. The Bertz CT molecular complexity index is 677. The first kappa shape index (κ1) is 17.0. The molecule has 3 rings (SSSR count). The monoisotopic (exact) mass is 387 g/mol. The fraction of sp³-hybridized carbons (Fsp3) is 0.316. The Morgan fingerprint density at radius 1 is 1.08 bits per heavy atom. The Hall–Kier alpha value is -1.85. The number of piperazine rings is 1. The summed E-state index contributed by atoms with van der Waals surface area (Å²) in [7, 11) is 1.69. The van der Waals surface area contributed by atoms with Gasteiger partial charge in [-0.15, -0.1) is 0 Å². The van der Waals surface area contributed by atoms with Gasteiger partial charge < -0.3 is 15.0 Å². The molecular weight excluding hydrogens is 366 g/mol. The van der Waals surface area contributed by atoms with Gasteiger partial charge in [0.1, 0.15) is 11.6 Å². The SMILES string of the molecule is COc1ccc(CC(=Nc2ccc(Br)cc2)N2CCNCC2)cc1. The summed E-state index contributed by atoms with van der Waals surface area (Å²) in [4.78, 5) is 7.30. The van der Waals surface area contributed by atoms with Gasteiger partial charge in [-0.25, -0.2) is 4.99 Å². The molecule has 1 aliphatic rings. The summed E-state index contributed by atoms with van der Waals surface area (Å²) >= 11 is 3.48. The number of hydrogen-bond donors (Lipinski definition) is 1. The number of ether oxygens (including phenoxy) is 1. The molecule has 1 fully saturated rings. The van der Waals surface area contributed by atoms with Crippen LogP contribution >= 0.6 is 15.9 Å². The molecule has 1 aliphatic heterocycles. The molecule has 0 bridgehead atoms. The van der Waals surface area contributed by atoms with E-state index < -0.39 is 0 Å². The van der Waals surface area contributed by atoms with Crippen LogP contribution in [-0.4, -0.2) is 44.0 Å². The second kappa shape index (κ2) is 8.31. The summed E-state index contributed by atoms with van der Waals surface area (Å²) < 4.78 is 6.31. The number of methoxy groups -OCH3 is 1. The van der Waals surface area contributed by atoms with Crippen LogP contribution in [0, 0.1) is 0 Å². The Labute approximate surface area is 151 Å². The molecule has 0 amide bonds. The maximum absolute atomic E-state index is 5.24. The van der Waals surface area contributed by atoms with Crippen molar-refractivity contribution in [3.8, 4) is 5.75 Å². The molecule has 0 saturated carbocycles. The molecule has 4 nitrogen and oxygen atoms in total. The minimum Gasteiger partial charge on any atom is -0.497 e. The van der Waals surface area contributed by atoms with Gasteiger partial charge in [0.15, 0.2) is 0 Å². The van der Waals surface area contributed by atoms with Crippen molar-refractivity contribution in [2.45, 2.75) is 6.42 Å². The van der Waals surface area contributed by atoms with Gasteiger partial charge in [-0.1, -0.05) is 28.1 Å². The summed E-state index contributed by atoms with van der Waals surface area (Å²) in [6.45, 7) is 3.99. The van der Waals surface area contributed by atoms with Crippen molar-refractivity contribution in [1.29, 1.82) is 0 Å². The minimum absolute atomic E-state index is 0.820. The molecular formula is C19H22BrN3O. The molecule has 2 aromatic carbocycles. The van der Waals surface area contributed by atoms with E-state index in [0.717, 1.165) is 54.3 Å². The fourth-order valence-electron chi connectivity index (χ4n) is 2.74. The van der Waals surface area contributed by atoms with E-state index in [-0.39, 0.29) is 0 Å². The van der Waals surface area contributed by atoms with Crippen molar-refractivity contribution in [2.24, 2.45) is 4.99 Å².